The first-order chi connectivity index (χ1) is 9.42. The second kappa shape index (κ2) is 7.80. The summed E-state index contributed by atoms with van der Waals surface area (Å²) in [5, 5.41) is 3.25. The molecule has 0 aromatic carbocycles. The molecule has 1 fully saturated rings. The summed E-state index contributed by atoms with van der Waals surface area (Å²) in [6, 6.07) is -0.102. The van der Waals surface area contributed by atoms with E-state index in [0.29, 0.717) is 6.54 Å². The van der Waals surface area contributed by atoms with Gasteiger partial charge in [-0.15, -0.1) is 0 Å². The van der Waals surface area contributed by atoms with Gasteiger partial charge in [0.1, 0.15) is 0 Å². The van der Waals surface area contributed by atoms with Gasteiger partial charge in [0.25, 0.3) is 0 Å². The van der Waals surface area contributed by atoms with Gasteiger partial charge in [-0.2, -0.15) is 12.7 Å². The maximum absolute atomic E-state index is 12.3. The Bertz CT molecular complexity index is 413. The monoisotopic (exact) mass is 307 g/mol. The third-order valence-electron chi connectivity index (χ3n) is 3.40. The molecule has 0 radical (unpaired) electrons. The molecule has 20 heavy (non-hydrogen) atoms. The van der Waals surface area contributed by atoms with Gasteiger partial charge in [-0.05, 0) is 33.2 Å². The van der Waals surface area contributed by atoms with Crippen LogP contribution in [0.4, 0.5) is 4.79 Å². The summed E-state index contributed by atoms with van der Waals surface area (Å²) >= 11 is 0. The molecule has 1 amide bonds. The topological polar surface area (TPSA) is 87.7 Å². The van der Waals surface area contributed by atoms with E-state index in [-0.39, 0.29) is 18.7 Å². The number of amides is 1. The van der Waals surface area contributed by atoms with Crippen molar-refractivity contribution in [2.45, 2.75) is 52.1 Å². The molecule has 0 aromatic rings. The number of nitrogens with zero attached hydrogens (tertiary/aromatic N) is 1. The molecule has 0 saturated carbocycles. The smallest absolute Gasteiger partial charge is 0.421 e. The summed E-state index contributed by atoms with van der Waals surface area (Å²) in [7, 11) is -3.85. The van der Waals surface area contributed by atoms with Gasteiger partial charge in [0.2, 0.25) is 0 Å². The third-order valence-corrected chi connectivity index (χ3v) is 4.89. The lowest BCUT2D eigenvalue weighted by Crippen LogP contribution is -2.56. The molecule has 118 valence electrons. The molecule has 2 N–H and O–H groups in total. The second-order valence-corrected chi connectivity index (χ2v) is 6.47. The third kappa shape index (κ3) is 4.60. The van der Waals surface area contributed by atoms with Crippen LogP contribution in [0, 0.1) is 0 Å². The van der Waals surface area contributed by atoms with Crippen LogP contribution >= 0.6 is 0 Å². The van der Waals surface area contributed by atoms with Crippen LogP contribution in [0.3, 0.4) is 0 Å². The van der Waals surface area contributed by atoms with E-state index in [9.17, 15) is 13.2 Å². The van der Waals surface area contributed by atoms with E-state index in [4.69, 9.17) is 0 Å². The zero-order valence-corrected chi connectivity index (χ0v) is 13.2. The van der Waals surface area contributed by atoms with Crippen molar-refractivity contribution in [1.82, 2.24) is 14.3 Å². The van der Waals surface area contributed by atoms with Crippen molar-refractivity contribution in [3.05, 3.63) is 0 Å². The van der Waals surface area contributed by atoms with E-state index in [2.05, 4.69) is 10.1 Å². The van der Waals surface area contributed by atoms with Gasteiger partial charge in [0.05, 0.1) is 6.61 Å². The summed E-state index contributed by atoms with van der Waals surface area (Å²) in [6.45, 7) is 6.91. The van der Waals surface area contributed by atoms with Crippen molar-refractivity contribution in [2.24, 2.45) is 0 Å². The summed E-state index contributed by atoms with van der Waals surface area (Å²) in [5.74, 6) is 0. The van der Waals surface area contributed by atoms with E-state index in [1.54, 1.807) is 6.92 Å². The number of carbonyl (C=O) groups excluding carboxylic acids is 1. The van der Waals surface area contributed by atoms with Crippen molar-refractivity contribution >= 4 is 16.3 Å². The molecule has 1 aliphatic heterocycles. The van der Waals surface area contributed by atoms with Crippen molar-refractivity contribution in [3.8, 4) is 0 Å². The molecule has 1 rings (SSSR count). The van der Waals surface area contributed by atoms with E-state index in [1.807, 2.05) is 18.6 Å². The van der Waals surface area contributed by atoms with Crippen molar-refractivity contribution in [1.29, 1.82) is 0 Å². The lowest BCUT2D eigenvalue weighted by atomic mass is 9.99. The zero-order chi connectivity index (χ0) is 15.2. The van der Waals surface area contributed by atoms with E-state index >= 15 is 0 Å². The maximum Gasteiger partial charge on any atom is 0.421 e. The Morgan fingerprint density at radius 1 is 1.40 bits per heavy atom. The summed E-state index contributed by atoms with van der Waals surface area (Å²) < 4.78 is 32.5. The van der Waals surface area contributed by atoms with Crippen LogP contribution in [0.1, 0.15) is 40.0 Å². The van der Waals surface area contributed by atoms with Crippen LogP contribution in [0.5, 0.6) is 0 Å². The van der Waals surface area contributed by atoms with Crippen LogP contribution in [-0.4, -0.2) is 50.6 Å². The minimum atomic E-state index is -3.85. The van der Waals surface area contributed by atoms with Crippen molar-refractivity contribution in [2.75, 3.05) is 19.7 Å². The average molecular weight is 307 g/mol. The Labute approximate surface area is 121 Å². The number of ether oxygens (including phenoxy) is 1. The number of piperidine rings is 1. The molecule has 0 aromatic heterocycles. The molecule has 8 heteroatoms. The molecule has 1 saturated heterocycles. The largest absolute Gasteiger partial charge is 0.449 e. The minimum absolute atomic E-state index is 0.0408. The van der Waals surface area contributed by atoms with Gasteiger partial charge in [-0.3, -0.25) is 0 Å². The van der Waals surface area contributed by atoms with Gasteiger partial charge >= 0.3 is 16.3 Å². The maximum atomic E-state index is 12.3. The molecule has 1 heterocycles. The van der Waals surface area contributed by atoms with E-state index in [1.165, 1.54) is 4.31 Å². The zero-order valence-electron chi connectivity index (χ0n) is 12.4. The first-order valence-electron chi connectivity index (χ1n) is 7.12. The van der Waals surface area contributed by atoms with E-state index < -0.39 is 16.3 Å². The fraction of sp³-hybridized carbons (Fsp3) is 0.917. The molecule has 2 unspecified atom stereocenters. The standard InChI is InChI=1S/C12H25N3O4S/c1-4-13-10(3)11-8-6-7-9-15(11)20(17,18)14-12(16)19-5-2/h10-11,13H,4-9H2,1-3H3,(H,14,16). The normalized spacial score (nSPS) is 22.2. The first-order valence-corrected chi connectivity index (χ1v) is 8.56. The van der Waals surface area contributed by atoms with Crippen LogP contribution < -0.4 is 10.0 Å². The van der Waals surface area contributed by atoms with E-state index in [0.717, 1.165) is 25.8 Å². The predicted molar refractivity (Wildman–Crippen MR) is 76.6 cm³/mol. The Hall–Kier alpha value is -0.860. The van der Waals surface area contributed by atoms with Crippen LogP contribution in [-0.2, 0) is 14.9 Å². The molecular formula is C12H25N3O4S. The highest BCUT2D eigenvalue weighted by Gasteiger charge is 2.36. The van der Waals surface area contributed by atoms with Gasteiger partial charge in [0, 0.05) is 18.6 Å². The Morgan fingerprint density at radius 3 is 2.70 bits per heavy atom. The highest BCUT2D eigenvalue weighted by Crippen LogP contribution is 2.22. The highest BCUT2D eigenvalue weighted by molar-refractivity contribution is 7.87. The van der Waals surface area contributed by atoms with Crippen LogP contribution in [0.2, 0.25) is 0 Å². The molecular weight excluding hydrogens is 282 g/mol. The summed E-state index contributed by atoms with van der Waals surface area (Å²) in [4.78, 5) is 11.3. The van der Waals surface area contributed by atoms with Gasteiger partial charge in [-0.25, -0.2) is 9.52 Å². The number of hydrogen-bond acceptors (Lipinski definition) is 5. The minimum Gasteiger partial charge on any atom is -0.449 e. The Balaban J connectivity index is 2.80. The van der Waals surface area contributed by atoms with Crippen molar-refractivity contribution in [3.63, 3.8) is 0 Å². The fourth-order valence-electron chi connectivity index (χ4n) is 2.51. The Kier molecular flexibility index (Phi) is 6.70. The average Bonchev–Trinajstić information content (AvgIpc) is 2.38. The molecule has 1 aliphatic rings. The van der Waals surface area contributed by atoms with Gasteiger partial charge in [-0.1, -0.05) is 13.3 Å². The molecule has 0 aliphatic carbocycles. The highest BCUT2D eigenvalue weighted by atomic mass is 32.2. The molecule has 0 spiro atoms. The summed E-state index contributed by atoms with van der Waals surface area (Å²) in [5.41, 5.74) is 0. The molecule has 7 nitrogen and oxygen atoms in total. The summed E-state index contributed by atoms with van der Waals surface area (Å²) in [6.07, 6.45) is 1.66. The lowest BCUT2D eigenvalue weighted by molar-refractivity contribution is 0.156. The first kappa shape index (κ1) is 17.2. The predicted octanol–water partition coefficient (Wildman–Crippen LogP) is 0.830. The molecule has 2 atom stereocenters. The van der Waals surface area contributed by atoms with Crippen LogP contribution in [0.25, 0.3) is 0 Å². The number of carbonyl (C=O) groups is 1. The SMILES string of the molecule is CCNC(C)C1CCCCN1S(=O)(=O)NC(=O)OCC. The number of nitrogens with one attached hydrogen (secondary N) is 2. The van der Waals surface area contributed by atoms with Crippen molar-refractivity contribution < 1.29 is 17.9 Å². The number of rotatable bonds is 6. The fourth-order valence-corrected chi connectivity index (χ4v) is 3.91. The lowest BCUT2D eigenvalue weighted by Gasteiger charge is -2.38. The second-order valence-electron chi connectivity index (χ2n) is 4.85. The van der Waals surface area contributed by atoms with Gasteiger partial charge < -0.3 is 10.1 Å². The Morgan fingerprint density at radius 2 is 2.10 bits per heavy atom. The quantitative estimate of drug-likeness (QED) is 0.759. The van der Waals surface area contributed by atoms with Crippen LogP contribution in [0.15, 0.2) is 0 Å². The van der Waals surface area contributed by atoms with Gasteiger partial charge in [0.15, 0.2) is 0 Å². The molecule has 0 bridgehead atoms. The number of hydrogen-bond donors (Lipinski definition) is 2. The number of likely N-dealkylation sites (N-methyl/N-ethyl adjacent to an activating group) is 1.